The van der Waals surface area contributed by atoms with E-state index in [2.05, 4.69) is 27.1 Å². The Labute approximate surface area is 166 Å². The van der Waals surface area contributed by atoms with Gasteiger partial charge in [-0.1, -0.05) is 6.92 Å². The Kier molecular flexibility index (Phi) is 7.06. The van der Waals surface area contributed by atoms with E-state index in [0.717, 1.165) is 25.2 Å². The van der Waals surface area contributed by atoms with Crippen LogP contribution in [0.5, 0.6) is 0 Å². The molecule has 0 spiro atoms. The van der Waals surface area contributed by atoms with E-state index in [4.69, 9.17) is 4.74 Å². The number of aromatic nitrogens is 2. The molecule has 2 saturated heterocycles. The number of anilines is 1. The first kappa shape index (κ1) is 20.4. The highest BCUT2D eigenvalue weighted by Crippen LogP contribution is 2.25. The van der Waals surface area contributed by atoms with Gasteiger partial charge in [0.25, 0.3) is 5.91 Å². The van der Waals surface area contributed by atoms with E-state index in [1.807, 2.05) is 0 Å². The first-order valence-corrected chi connectivity index (χ1v) is 10.4. The van der Waals surface area contributed by atoms with Crippen molar-refractivity contribution in [2.75, 3.05) is 31.1 Å². The van der Waals surface area contributed by atoms with Gasteiger partial charge in [0.05, 0.1) is 6.61 Å². The SMILES string of the molecule is CCOC(=O)N1CCC(NC(=O)c2cc(N3CCCCC3CC)ncn2)CC1. The van der Waals surface area contributed by atoms with Crippen LogP contribution in [0.4, 0.5) is 10.6 Å². The first-order chi connectivity index (χ1) is 13.6. The van der Waals surface area contributed by atoms with Crippen LogP contribution in [0.3, 0.4) is 0 Å². The van der Waals surface area contributed by atoms with Crippen LogP contribution in [0.2, 0.25) is 0 Å². The fourth-order valence-electron chi connectivity index (χ4n) is 4.04. The van der Waals surface area contributed by atoms with Gasteiger partial charge < -0.3 is 19.9 Å². The summed E-state index contributed by atoms with van der Waals surface area (Å²) in [6, 6.07) is 2.32. The topological polar surface area (TPSA) is 87.7 Å². The number of ether oxygens (including phenoxy) is 1. The van der Waals surface area contributed by atoms with Gasteiger partial charge in [0.1, 0.15) is 17.8 Å². The summed E-state index contributed by atoms with van der Waals surface area (Å²) in [6.07, 6.45) is 7.28. The third-order valence-corrected chi connectivity index (χ3v) is 5.63. The number of nitrogens with zero attached hydrogens (tertiary/aromatic N) is 4. The average Bonchev–Trinajstić information content (AvgIpc) is 2.74. The maximum atomic E-state index is 12.7. The molecule has 2 aliphatic rings. The van der Waals surface area contributed by atoms with Gasteiger partial charge in [0.15, 0.2) is 0 Å². The minimum absolute atomic E-state index is 0.0370. The van der Waals surface area contributed by atoms with Crippen LogP contribution in [-0.2, 0) is 4.74 Å². The van der Waals surface area contributed by atoms with E-state index in [1.165, 1.54) is 19.2 Å². The lowest BCUT2D eigenvalue weighted by Gasteiger charge is -2.36. The summed E-state index contributed by atoms with van der Waals surface area (Å²) >= 11 is 0. The second kappa shape index (κ2) is 9.71. The molecule has 1 unspecified atom stereocenters. The summed E-state index contributed by atoms with van der Waals surface area (Å²) in [5, 5.41) is 3.06. The van der Waals surface area contributed by atoms with Gasteiger partial charge in [0.2, 0.25) is 0 Å². The van der Waals surface area contributed by atoms with Crippen molar-refractivity contribution in [2.24, 2.45) is 0 Å². The average molecular weight is 390 g/mol. The maximum Gasteiger partial charge on any atom is 0.409 e. The molecule has 0 bridgehead atoms. The molecule has 8 nitrogen and oxygen atoms in total. The monoisotopic (exact) mass is 389 g/mol. The van der Waals surface area contributed by atoms with E-state index in [9.17, 15) is 9.59 Å². The molecule has 1 N–H and O–H groups in total. The number of amides is 2. The largest absolute Gasteiger partial charge is 0.450 e. The molecule has 1 aromatic heterocycles. The van der Waals surface area contributed by atoms with Crippen molar-refractivity contribution in [3.63, 3.8) is 0 Å². The fraction of sp³-hybridized carbons (Fsp3) is 0.700. The summed E-state index contributed by atoms with van der Waals surface area (Å²) < 4.78 is 5.03. The van der Waals surface area contributed by atoms with E-state index in [1.54, 1.807) is 17.9 Å². The van der Waals surface area contributed by atoms with Crippen molar-refractivity contribution in [3.8, 4) is 0 Å². The summed E-state index contributed by atoms with van der Waals surface area (Å²) in [4.78, 5) is 37.1. The zero-order chi connectivity index (χ0) is 19.9. The molecule has 0 aromatic carbocycles. The Morgan fingerprint density at radius 3 is 2.64 bits per heavy atom. The van der Waals surface area contributed by atoms with Gasteiger partial charge in [0, 0.05) is 37.8 Å². The van der Waals surface area contributed by atoms with E-state index in [-0.39, 0.29) is 18.0 Å². The van der Waals surface area contributed by atoms with Crippen LogP contribution in [0.15, 0.2) is 12.4 Å². The zero-order valence-corrected chi connectivity index (χ0v) is 16.9. The van der Waals surface area contributed by atoms with Crippen LogP contribution in [-0.4, -0.2) is 65.2 Å². The summed E-state index contributed by atoms with van der Waals surface area (Å²) in [7, 11) is 0. The number of rotatable bonds is 5. The lowest BCUT2D eigenvalue weighted by molar-refractivity contribution is 0.0856. The predicted molar refractivity (Wildman–Crippen MR) is 106 cm³/mol. The normalized spacial score (nSPS) is 20.7. The molecule has 3 rings (SSSR count). The molecule has 8 heteroatoms. The Hall–Kier alpha value is -2.38. The number of piperidine rings is 2. The summed E-state index contributed by atoms with van der Waals surface area (Å²) in [6.45, 7) is 6.52. The predicted octanol–water partition coefficient (Wildman–Crippen LogP) is 2.60. The van der Waals surface area contributed by atoms with Crippen LogP contribution in [0.1, 0.15) is 62.9 Å². The van der Waals surface area contributed by atoms with Gasteiger partial charge in [-0.25, -0.2) is 14.8 Å². The third kappa shape index (κ3) is 4.91. The van der Waals surface area contributed by atoms with Crippen LogP contribution >= 0.6 is 0 Å². The van der Waals surface area contributed by atoms with Crippen molar-refractivity contribution in [2.45, 2.75) is 64.5 Å². The molecule has 0 aliphatic carbocycles. The fourth-order valence-corrected chi connectivity index (χ4v) is 4.04. The minimum Gasteiger partial charge on any atom is -0.450 e. The van der Waals surface area contributed by atoms with Crippen LogP contribution in [0, 0.1) is 0 Å². The summed E-state index contributed by atoms with van der Waals surface area (Å²) in [5.74, 6) is 0.659. The zero-order valence-electron chi connectivity index (χ0n) is 16.9. The second-order valence-corrected chi connectivity index (χ2v) is 7.45. The molecule has 154 valence electrons. The molecular weight excluding hydrogens is 358 g/mol. The minimum atomic E-state index is -0.278. The van der Waals surface area contributed by atoms with Crippen molar-refractivity contribution in [1.29, 1.82) is 0 Å². The molecule has 0 saturated carbocycles. The molecule has 0 radical (unpaired) electrons. The Bertz CT molecular complexity index is 676. The van der Waals surface area contributed by atoms with Crippen molar-refractivity contribution in [1.82, 2.24) is 20.2 Å². The molecule has 2 aliphatic heterocycles. The van der Waals surface area contributed by atoms with Crippen molar-refractivity contribution >= 4 is 17.8 Å². The van der Waals surface area contributed by atoms with Crippen molar-refractivity contribution < 1.29 is 14.3 Å². The Morgan fingerprint density at radius 1 is 1.14 bits per heavy atom. The highest BCUT2D eigenvalue weighted by Gasteiger charge is 2.26. The van der Waals surface area contributed by atoms with Crippen LogP contribution in [0.25, 0.3) is 0 Å². The third-order valence-electron chi connectivity index (χ3n) is 5.63. The quantitative estimate of drug-likeness (QED) is 0.833. The standard InChI is InChI=1S/C20H31N5O3/c1-3-16-7-5-6-10-25(16)18-13-17(21-14-22-18)19(26)23-15-8-11-24(12-9-15)20(27)28-4-2/h13-16H,3-12H2,1-2H3,(H,23,26). The highest BCUT2D eigenvalue weighted by molar-refractivity contribution is 5.93. The number of hydrogen-bond acceptors (Lipinski definition) is 6. The lowest BCUT2D eigenvalue weighted by Crippen LogP contribution is -2.47. The van der Waals surface area contributed by atoms with Crippen LogP contribution < -0.4 is 10.2 Å². The van der Waals surface area contributed by atoms with E-state index < -0.39 is 0 Å². The van der Waals surface area contributed by atoms with Gasteiger partial charge in [-0.2, -0.15) is 0 Å². The Balaban J connectivity index is 1.57. The molecular formula is C20H31N5O3. The van der Waals surface area contributed by atoms with Gasteiger partial charge in [-0.3, -0.25) is 4.79 Å². The van der Waals surface area contributed by atoms with Gasteiger partial charge >= 0.3 is 6.09 Å². The molecule has 28 heavy (non-hydrogen) atoms. The summed E-state index contributed by atoms with van der Waals surface area (Å²) in [5.41, 5.74) is 0.401. The molecule has 1 aromatic rings. The molecule has 2 amide bonds. The number of hydrogen-bond donors (Lipinski definition) is 1. The number of carbonyl (C=O) groups is 2. The van der Waals surface area contributed by atoms with Crippen molar-refractivity contribution in [3.05, 3.63) is 18.1 Å². The molecule has 1 atom stereocenters. The van der Waals surface area contributed by atoms with E-state index >= 15 is 0 Å². The van der Waals surface area contributed by atoms with Gasteiger partial charge in [-0.05, 0) is 45.4 Å². The lowest BCUT2D eigenvalue weighted by atomic mass is 10.00. The number of likely N-dealkylation sites (tertiary alicyclic amines) is 1. The Morgan fingerprint density at radius 2 is 1.93 bits per heavy atom. The number of carbonyl (C=O) groups excluding carboxylic acids is 2. The van der Waals surface area contributed by atoms with E-state index in [0.29, 0.717) is 44.3 Å². The van der Waals surface area contributed by atoms with Gasteiger partial charge in [-0.15, -0.1) is 0 Å². The number of nitrogens with one attached hydrogen (secondary N) is 1. The molecule has 2 fully saturated rings. The maximum absolute atomic E-state index is 12.7. The molecule has 3 heterocycles. The highest BCUT2D eigenvalue weighted by atomic mass is 16.6. The second-order valence-electron chi connectivity index (χ2n) is 7.45. The first-order valence-electron chi connectivity index (χ1n) is 10.4. The smallest absolute Gasteiger partial charge is 0.409 e.